The molecule has 12 heteroatoms. The molecule has 32 heavy (non-hydrogen) atoms. The van der Waals surface area contributed by atoms with Crippen LogP contribution < -0.4 is 19.1 Å². The van der Waals surface area contributed by atoms with Crippen molar-refractivity contribution in [1.29, 1.82) is 0 Å². The van der Waals surface area contributed by atoms with Gasteiger partial charge in [-0.05, 0) is 57.2 Å². The number of rotatable bonds is 9. The van der Waals surface area contributed by atoms with Crippen molar-refractivity contribution in [3.63, 3.8) is 0 Å². The number of carbonyl (C=O) groups is 1. The average molecular weight is 504 g/mol. The summed E-state index contributed by atoms with van der Waals surface area (Å²) in [6.07, 6.45) is 0.975. The minimum absolute atomic E-state index is 0.0789. The van der Waals surface area contributed by atoms with E-state index in [1.165, 1.54) is 44.4 Å². The van der Waals surface area contributed by atoms with Gasteiger partial charge in [-0.2, -0.15) is 0 Å². The predicted molar refractivity (Wildman–Crippen MR) is 125 cm³/mol. The van der Waals surface area contributed by atoms with Crippen LogP contribution in [-0.2, 0) is 24.8 Å². The van der Waals surface area contributed by atoms with Crippen molar-refractivity contribution in [2.45, 2.75) is 37.8 Å². The SMILES string of the molecule is COc1ccc(S(=O)(=O)NC(C)C)cc1NC(=O)[C@@H](C)N(c1cccc(Cl)c1)S(C)(=O)=O. The van der Waals surface area contributed by atoms with Crippen LogP contribution in [0.1, 0.15) is 20.8 Å². The van der Waals surface area contributed by atoms with Crippen molar-refractivity contribution in [3.8, 4) is 5.75 Å². The number of hydrogen-bond donors (Lipinski definition) is 2. The molecule has 0 spiro atoms. The van der Waals surface area contributed by atoms with E-state index >= 15 is 0 Å². The topological polar surface area (TPSA) is 122 Å². The molecular weight excluding hydrogens is 478 g/mol. The molecule has 9 nitrogen and oxygen atoms in total. The Bertz CT molecular complexity index is 1200. The van der Waals surface area contributed by atoms with Gasteiger partial charge in [-0.25, -0.2) is 21.6 Å². The third-order valence-corrected chi connectivity index (χ3v) is 7.41. The largest absolute Gasteiger partial charge is 0.495 e. The average Bonchev–Trinajstić information content (AvgIpc) is 2.66. The van der Waals surface area contributed by atoms with Gasteiger partial charge in [-0.15, -0.1) is 0 Å². The summed E-state index contributed by atoms with van der Waals surface area (Å²) >= 11 is 5.99. The zero-order valence-electron chi connectivity index (χ0n) is 18.3. The fourth-order valence-electron chi connectivity index (χ4n) is 2.99. The molecule has 1 amide bonds. The first-order chi connectivity index (χ1) is 14.8. The summed E-state index contributed by atoms with van der Waals surface area (Å²) in [4.78, 5) is 12.9. The van der Waals surface area contributed by atoms with Crippen LogP contribution in [0.25, 0.3) is 0 Å². The van der Waals surface area contributed by atoms with Gasteiger partial charge >= 0.3 is 0 Å². The monoisotopic (exact) mass is 503 g/mol. The number of nitrogens with one attached hydrogen (secondary N) is 2. The van der Waals surface area contributed by atoms with Gasteiger partial charge in [0.15, 0.2) is 0 Å². The Morgan fingerprint density at radius 1 is 1.06 bits per heavy atom. The van der Waals surface area contributed by atoms with Gasteiger partial charge in [0.05, 0.1) is 29.6 Å². The lowest BCUT2D eigenvalue weighted by Crippen LogP contribution is -2.45. The highest BCUT2D eigenvalue weighted by atomic mass is 35.5. The standard InChI is InChI=1S/C20H26ClN3O6S2/c1-13(2)23-32(28,29)17-9-10-19(30-4)18(12-17)22-20(25)14(3)24(31(5,26)27)16-8-6-7-15(21)11-16/h6-14,23H,1-5H3,(H,22,25)/t14-/m1/s1. The van der Waals surface area contributed by atoms with Crippen molar-refractivity contribution in [1.82, 2.24) is 4.72 Å². The molecule has 2 aromatic rings. The van der Waals surface area contributed by atoms with Gasteiger partial charge in [0.25, 0.3) is 0 Å². The summed E-state index contributed by atoms with van der Waals surface area (Å²) in [5.41, 5.74) is 0.294. The predicted octanol–water partition coefficient (Wildman–Crippen LogP) is 2.83. The maximum absolute atomic E-state index is 13.0. The van der Waals surface area contributed by atoms with Crippen molar-refractivity contribution < 1.29 is 26.4 Å². The van der Waals surface area contributed by atoms with E-state index in [9.17, 15) is 21.6 Å². The molecule has 2 N–H and O–H groups in total. The number of benzene rings is 2. The summed E-state index contributed by atoms with van der Waals surface area (Å²) in [6.45, 7) is 4.77. The second-order valence-electron chi connectivity index (χ2n) is 7.34. The number of sulfonamides is 2. The van der Waals surface area contributed by atoms with Crippen molar-refractivity contribution in [2.75, 3.05) is 23.0 Å². The summed E-state index contributed by atoms with van der Waals surface area (Å²) < 4.78 is 58.5. The maximum Gasteiger partial charge on any atom is 0.248 e. The summed E-state index contributed by atoms with van der Waals surface area (Å²) in [5, 5.41) is 2.88. The minimum Gasteiger partial charge on any atom is -0.495 e. The second-order valence-corrected chi connectivity index (χ2v) is 11.4. The molecule has 0 saturated carbocycles. The van der Waals surface area contributed by atoms with Gasteiger partial charge in [0.2, 0.25) is 26.0 Å². The molecular formula is C20H26ClN3O6S2. The quantitative estimate of drug-likeness (QED) is 0.542. The van der Waals surface area contributed by atoms with Crippen LogP contribution >= 0.6 is 11.6 Å². The van der Waals surface area contributed by atoms with E-state index in [2.05, 4.69) is 10.0 Å². The summed E-state index contributed by atoms with van der Waals surface area (Å²) in [6, 6.07) is 8.58. The van der Waals surface area contributed by atoms with Gasteiger partial charge < -0.3 is 10.1 Å². The fraction of sp³-hybridized carbons (Fsp3) is 0.350. The smallest absolute Gasteiger partial charge is 0.248 e. The van der Waals surface area contributed by atoms with Crippen LogP contribution in [-0.4, -0.2) is 48.2 Å². The van der Waals surface area contributed by atoms with E-state index in [4.69, 9.17) is 16.3 Å². The molecule has 0 aromatic heterocycles. The molecule has 2 aromatic carbocycles. The van der Waals surface area contributed by atoms with E-state index in [0.29, 0.717) is 5.02 Å². The highest BCUT2D eigenvalue weighted by molar-refractivity contribution is 7.92. The van der Waals surface area contributed by atoms with Crippen LogP contribution in [0.4, 0.5) is 11.4 Å². The molecule has 0 saturated heterocycles. The van der Waals surface area contributed by atoms with Gasteiger partial charge in [-0.3, -0.25) is 9.10 Å². The number of hydrogen-bond acceptors (Lipinski definition) is 6. The number of amides is 1. The first-order valence-electron chi connectivity index (χ1n) is 9.52. The molecule has 0 bridgehead atoms. The Morgan fingerprint density at radius 2 is 1.72 bits per heavy atom. The van der Waals surface area contributed by atoms with Gasteiger partial charge in [0, 0.05) is 11.1 Å². The molecule has 0 fully saturated rings. The number of nitrogens with zero attached hydrogens (tertiary/aromatic N) is 1. The normalized spacial score (nSPS) is 13.0. The van der Waals surface area contributed by atoms with Crippen LogP contribution in [0.2, 0.25) is 5.02 Å². The second kappa shape index (κ2) is 10.1. The highest BCUT2D eigenvalue weighted by Gasteiger charge is 2.30. The highest BCUT2D eigenvalue weighted by Crippen LogP contribution is 2.29. The molecule has 0 heterocycles. The third-order valence-electron chi connectivity index (χ3n) is 4.28. The Labute approximate surface area is 193 Å². The van der Waals surface area contributed by atoms with E-state index < -0.39 is 32.0 Å². The Balaban J connectivity index is 2.42. The van der Waals surface area contributed by atoms with Gasteiger partial charge in [-0.1, -0.05) is 17.7 Å². The molecule has 0 radical (unpaired) electrons. The molecule has 0 aliphatic carbocycles. The number of anilines is 2. The molecule has 0 aliphatic heterocycles. The Kier molecular flexibility index (Phi) is 8.16. The number of carbonyl (C=O) groups excluding carboxylic acids is 1. The summed E-state index contributed by atoms with van der Waals surface area (Å²) in [5.74, 6) is -0.484. The first kappa shape index (κ1) is 25.9. The van der Waals surface area contributed by atoms with E-state index in [1.54, 1.807) is 26.0 Å². The number of ether oxygens (including phenoxy) is 1. The fourth-order valence-corrected chi connectivity index (χ4v) is 5.62. The Morgan fingerprint density at radius 3 is 2.25 bits per heavy atom. The van der Waals surface area contributed by atoms with Crippen LogP contribution in [0.3, 0.4) is 0 Å². The van der Waals surface area contributed by atoms with E-state index in [1.807, 2.05) is 0 Å². The minimum atomic E-state index is -3.86. The van der Waals surface area contributed by atoms with Crippen molar-refractivity contribution >= 4 is 48.9 Å². The van der Waals surface area contributed by atoms with Crippen molar-refractivity contribution in [2.24, 2.45) is 0 Å². The number of methoxy groups -OCH3 is 1. The lowest BCUT2D eigenvalue weighted by molar-refractivity contribution is -0.116. The lowest BCUT2D eigenvalue weighted by atomic mass is 10.2. The van der Waals surface area contributed by atoms with Crippen LogP contribution in [0.15, 0.2) is 47.4 Å². The molecule has 2 rings (SSSR count). The van der Waals surface area contributed by atoms with Crippen LogP contribution in [0, 0.1) is 0 Å². The van der Waals surface area contributed by atoms with Gasteiger partial charge in [0.1, 0.15) is 11.8 Å². The van der Waals surface area contributed by atoms with E-state index in [-0.39, 0.29) is 28.1 Å². The maximum atomic E-state index is 13.0. The molecule has 0 aliphatic rings. The zero-order valence-corrected chi connectivity index (χ0v) is 20.7. The lowest BCUT2D eigenvalue weighted by Gasteiger charge is -2.28. The van der Waals surface area contributed by atoms with Crippen molar-refractivity contribution in [3.05, 3.63) is 47.5 Å². The molecule has 1 atom stereocenters. The number of halogens is 1. The molecule has 176 valence electrons. The zero-order chi connectivity index (χ0) is 24.3. The summed E-state index contributed by atoms with van der Waals surface area (Å²) in [7, 11) is -6.32. The third kappa shape index (κ3) is 6.35. The molecule has 0 unspecified atom stereocenters. The van der Waals surface area contributed by atoms with Crippen LogP contribution in [0.5, 0.6) is 5.75 Å². The van der Waals surface area contributed by atoms with E-state index in [0.717, 1.165) is 10.6 Å². The Hall–Kier alpha value is -2.34. The first-order valence-corrected chi connectivity index (χ1v) is 13.2.